The maximum atomic E-state index is 14.8. The summed E-state index contributed by atoms with van der Waals surface area (Å²) in [6.07, 6.45) is 2.78. The monoisotopic (exact) mass is 546 g/mol. The van der Waals surface area contributed by atoms with Crippen molar-refractivity contribution < 1.29 is 13.9 Å². The number of anilines is 2. The maximum absolute atomic E-state index is 14.8. The fourth-order valence-electron chi connectivity index (χ4n) is 6.01. The number of H-pyrrole nitrogens is 1. The highest BCUT2D eigenvalue weighted by Crippen LogP contribution is 2.57. The summed E-state index contributed by atoms with van der Waals surface area (Å²) in [4.78, 5) is 17.1. The summed E-state index contributed by atoms with van der Waals surface area (Å²) in [5, 5.41) is 27.4. The standard InChI is InChI=1S/C27H24ClFN8O2/c28-23-8-21-25(31-20(13-37(21)36-23)16-3-1-2-14(4-16)12-30)32-24-7-19(34-35-24)17-5-18(29)22(6-17)39-26(38)33-27-9-15(10-27)11-27/h1-4,7-8,13,15,17-18,22H,5-6,9-11H2,(H,33,38)(H2,31,32,34,35)/t15?,17-,18+,22-,27?/m0/s1. The summed E-state index contributed by atoms with van der Waals surface area (Å²) in [6, 6.07) is 12.7. The van der Waals surface area contributed by atoms with Crippen molar-refractivity contribution in [1.29, 1.82) is 5.26 Å². The second-order valence-electron chi connectivity index (χ2n) is 10.8. The predicted octanol–water partition coefficient (Wildman–Crippen LogP) is 5.25. The van der Waals surface area contributed by atoms with Crippen LogP contribution in [0.1, 0.15) is 49.3 Å². The van der Waals surface area contributed by atoms with E-state index in [0.717, 1.165) is 36.4 Å². The smallest absolute Gasteiger partial charge is 0.407 e. The van der Waals surface area contributed by atoms with Gasteiger partial charge in [-0.25, -0.2) is 18.7 Å². The Balaban J connectivity index is 1.08. The number of fused-ring (bicyclic) bond motifs is 1. The number of rotatable bonds is 6. The van der Waals surface area contributed by atoms with E-state index >= 15 is 0 Å². The number of carbonyl (C=O) groups excluding carboxylic acids is 1. The van der Waals surface area contributed by atoms with Gasteiger partial charge in [-0.3, -0.25) is 5.10 Å². The molecule has 4 aliphatic rings. The van der Waals surface area contributed by atoms with Crippen molar-refractivity contribution >= 4 is 34.8 Å². The molecule has 12 heteroatoms. The average Bonchev–Trinajstić information content (AvgIpc) is 3.59. The highest BCUT2D eigenvalue weighted by molar-refractivity contribution is 6.29. The summed E-state index contributed by atoms with van der Waals surface area (Å²) in [5.74, 6) is 1.51. The van der Waals surface area contributed by atoms with Crippen molar-refractivity contribution in [2.24, 2.45) is 5.92 Å². The fourth-order valence-corrected chi connectivity index (χ4v) is 6.20. The Labute approximate surface area is 227 Å². The van der Waals surface area contributed by atoms with E-state index in [2.05, 4.69) is 32.0 Å². The maximum Gasteiger partial charge on any atom is 0.407 e. The van der Waals surface area contributed by atoms with Gasteiger partial charge in [0.2, 0.25) is 0 Å². The van der Waals surface area contributed by atoms with Crippen LogP contribution in [0, 0.1) is 17.2 Å². The Morgan fingerprint density at radius 2 is 2.10 bits per heavy atom. The third kappa shape index (κ3) is 4.34. The van der Waals surface area contributed by atoms with Gasteiger partial charge in [0.05, 0.1) is 23.5 Å². The fraction of sp³-hybridized carbons (Fsp3) is 0.370. The van der Waals surface area contributed by atoms with Crippen LogP contribution in [0.25, 0.3) is 16.8 Å². The zero-order valence-electron chi connectivity index (χ0n) is 20.7. The number of nitrogens with one attached hydrogen (secondary N) is 3. The van der Waals surface area contributed by atoms with Crippen LogP contribution in [0.3, 0.4) is 0 Å². The van der Waals surface area contributed by atoms with Crippen LogP contribution in [-0.4, -0.2) is 48.7 Å². The molecule has 0 aliphatic heterocycles. The highest BCUT2D eigenvalue weighted by atomic mass is 35.5. The Morgan fingerprint density at radius 1 is 1.26 bits per heavy atom. The molecule has 8 rings (SSSR count). The van der Waals surface area contributed by atoms with Gasteiger partial charge in [-0.15, -0.1) is 0 Å². The molecule has 3 aromatic heterocycles. The lowest BCUT2D eigenvalue weighted by molar-refractivity contribution is -0.0530. The number of alkyl carbamates (subject to hydrolysis) is 1. The summed E-state index contributed by atoms with van der Waals surface area (Å²) in [7, 11) is 0. The Kier molecular flexibility index (Phi) is 5.49. The lowest BCUT2D eigenvalue weighted by Gasteiger charge is -2.61. The normalized spacial score (nSPS) is 26.9. The number of carbonyl (C=O) groups is 1. The number of nitriles is 1. The first-order chi connectivity index (χ1) is 18.9. The molecule has 4 saturated carbocycles. The molecular formula is C27H24ClFN8O2. The number of ether oxygens (including phenoxy) is 1. The minimum Gasteiger partial charge on any atom is -0.443 e. The summed E-state index contributed by atoms with van der Waals surface area (Å²) in [5.41, 5.74) is 3.12. The first-order valence-electron chi connectivity index (χ1n) is 12.9. The summed E-state index contributed by atoms with van der Waals surface area (Å²) in [6.45, 7) is 0. The molecule has 1 amide bonds. The molecule has 3 N–H and O–H groups in total. The SMILES string of the molecule is N#Cc1cccc(-c2cn3nc(Cl)cc3c(Nc3cc([C@H]4C[C@@H](F)[C@@H](OC(=O)NC56CC(C5)C6)C4)[nH]n3)n2)c1. The number of benzene rings is 1. The van der Waals surface area contributed by atoms with Crippen LogP contribution in [0.4, 0.5) is 20.8 Å². The zero-order chi connectivity index (χ0) is 26.7. The van der Waals surface area contributed by atoms with Gasteiger partial charge in [0, 0.05) is 34.8 Å². The number of aromatic amines is 1. The topological polar surface area (TPSA) is 133 Å². The van der Waals surface area contributed by atoms with E-state index < -0.39 is 18.4 Å². The van der Waals surface area contributed by atoms with Crippen molar-refractivity contribution in [2.75, 3.05) is 5.32 Å². The minimum atomic E-state index is -1.25. The highest BCUT2D eigenvalue weighted by Gasteiger charge is 2.58. The molecular weight excluding hydrogens is 523 g/mol. The molecule has 2 bridgehead atoms. The van der Waals surface area contributed by atoms with E-state index in [4.69, 9.17) is 21.3 Å². The van der Waals surface area contributed by atoms with Gasteiger partial charge >= 0.3 is 6.09 Å². The molecule has 1 aromatic carbocycles. The van der Waals surface area contributed by atoms with Gasteiger partial charge in [-0.1, -0.05) is 23.7 Å². The van der Waals surface area contributed by atoms with Crippen molar-refractivity contribution in [3.63, 3.8) is 0 Å². The number of hydrogen-bond donors (Lipinski definition) is 3. The summed E-state index contributed by atoms with van der Waals surface area (Å²) < 4.78 is 21.9. The van der Waals surface area contributed by atoms with E-state index in [1.807, 2.05) is 6.07 Å². The largest absolute Gasteiger partial charge is 0.443 e. The lowest BCUT2D eigenvalue weighted by atomic mass is 9.50. The molecule has 0 spiro atoms. The molecule has 0 radical (unpaired) electrons. The Morgan fingerprint density at radius 3 is 2.87 bits per heavy atom. The van der Waals surface area contributed by atoms with E-state index in [1.165, 1.54) is 0 Å². The molecule has 39 heavy (non-hydrogen) atoms. The van der Waals surface area contributed by atoms with Gasteiger partial charge in [-0.2, -0.15) is 15.5 Å². The van der Waals surface area contributed by atoms with Crippen molar-refractivity contribution in [2.45, 2.75) is 55.8 Å². The van der Waals surface area contributed by atoms with Crippen LogP contribution < -0.4 is 10.6 Å². The number of alkyl halides is 1. The molecule has 3 heterocycles. The first-order valence-corrected chi connectivity index (χ1v) is 13.3. The van der Waals surface area contributed by atoms with Crippen LogP contribution in [0.2, 0.25) is 5.15 Å². The second-order valence-corrected chi connectivity index (χ2v) is 11.2. The second kappa shape index (κ2) is 8.95. The number of nitrogens with zero attached hydrogens (tertiary/aromatic N) is 5. The molecule has 0 unspecified atom stereocenters. The van der Waals surface area contributed by atoms with E-state index in [-0.39, 0.29) is 17.9 Å². The summed E-state index contributed by atoms with van der Waals surface area (Å²) >= 11 is 6.18. The number of amides is 1. The van der Waals surface area contributed by atoms with Gasteiger partial charge in [-0.05, 0) is 50.2 Å². The van der Waals surface area contributed by atoms with Crippen LogP contribution >= 0.6 is 11.6 Å². The predicted molar refractivity (Wildman–Crippen MR) is 140 cm³/mol. The first kappa shape index (κ1) is 23.9. The molecule has 198 valence electrons. The van der Waals surface area contributed by atoms with Crippen molar-refractivity contribution in [3.8, 4) is 17.3 Å². The van der Waals surface area contributed by atoms with E-state index in [1.54, 1.807) is 41.0 Å². The van der Waals surface area contributed by atoms with Crippen molar-refractivity contribution in [1.82, 2.24) is 30.1 Å². The molecule has 4 aliphatic carbocycles. The number of aromatic nitrogens is 5. The van der Waals surface area contributed by atoms with Crippen LogP contribution in [0.15, 0.2) is 42.6 Å². The van der Waals surface area contributed by atoms with Crippen molar-refractivity contribution in [3.05, 3.63) is 59.0 Å². The lowest BCUT2D eigenvalue weighted by Crippen LogP contribution is -2.68. The zero-order valence-corrected chi connectivity index (χ0v) is 21.5. The van der Waals surface area contributed by atoms with Gasteiger partial charge in [0.15, 0.2) is 16.8 Å². The third-order valence-electron chi connectivity index (χ3n) is 8.09. The number of halogens is 2. The van der Waals surface area contributed by atoms with E-state index in [9.17, 15) is 14.4 Å². The van der Waals surface area contributed by atoms with Crippen LogP contribution in [-0.2, 0) is 4.74 Å². The van der Waals surface area contributed by atoms with E-state index in [0.29, 0.717) is 40.0 Å². The average molecular weight is 547 g/mol. The molecule has 0 saturated heterocycles. The molecule has 10 nitrogen and oxygen atoms in total. The molecule has 4 fully saturated rings. The Bertz CT molecular complexity index is 1630. The van der Waals surface area contributed by atoms with Crippen LogP contribution in [0.5, 0.6) is 0 Å². The number of hydrogen-bond acceptors (Lipinski definition) is 7. The minimum absolute atomic E-state index is 0.107. The van der Waals surface area contributed by atoms with Gasteiger partial charge in [0.25, 0.3) is 0 Å². The van der Waals surface area contributed by atoms with Gasteiger partial charge < -0.3 is 15.4 Å². The Hall–Kier alpha value is -4.17. The third-order valence-corrected chi connectivity index (χ3v) is 8.28. The van der Waals surface area contributed by atoms with Gasteiger partial charge in [0.1, 0.15) is 17.8 Å². The quantitative estimate of drug-likeness (QED) is 0.301. The molecule has 4 aromatic rings. The molecule has 3 atom stereocenters.